The largest absolute Gasteiger partial charge is 0.307 e. The Balaban J connectivity index is 1.90. The topological polar surface area (TPSA) is 12.0 Å². The monoisotopic (exact) mass is 203 g/mol. The summed E-state index contributed by atoms with van der Waals surface area (Å²) in [5.74, 6) is 0. The molecule has 0 radical (unpaired) electrons. The first kappa shape index (κ1) is 10.7. The lowest BCUT2D eigenvalue weighted by molar-refractivity contribution is 0.363. The third kappa shape index (κ3) is 2.82. The minimum absolute atomic E-state index is 0.394. The third-order valence-electron chi connectivity index (χ3n) is 3.55. The molecule has 1 heteroatoms. The second-order valence-electron chi connectivity index (χ2n) is 5.11. The lowest BCUT2D eigenvalue weighted by Crippen LogP contribution is -2.38. The molecule has 0 saturated heterocycles. The van der Waals surface area contributed by atoms with Gasteiger partial charge in [-0.25, -0.2) is 0 Å². The molecule has 0 spiro atoms. The van der Waals surface area contributed by atoms with Gasteiger partial charge in [-0.3, -0.25) is 0 Å². The fourth-order valence-corrected chi connectivity index (χ4v) is 2.35. The van der Waals surface area contributed by atoms with Crippen molar-refractivity contribution in [2.75, 3.05) is 0 Å². The molecule has 1 saturated carbocycles. The summed E-state index contributed by atoms with van der Waals surface area (Å²) < 4.78 is 0. The van der Waals surface area contributed by atoms with Crippen molar-refractivity contribution < 1.29 is 0 Å². The Labute approximate surface area is 92.9 Å². The standard InChI is InChI=1S/C14H21N/c1-12-5-7-13(8-6-12)11-15-14(2)9-3-4-10-14/h5-8,15H,3-4,9-11H2,1-2H3. The molecule has 1 N–H and O–H groups in total. The van der Waals surface area contributed by atoms with E-state index in [0.29, 0.717) is 5.54 Å². The summed E-state index contributed by atoms with van der Waals surface area (Å²) in [6.45, 7) is 5.50. The molecule has 1 fully saturated rings. The lowest BCUT2D eigenvalue weighted by Gasteiger charge is -2.25. The number of hydrogen-bond acceptors (Lipinski definition) is 1. The van der Waals surface area contributed by atoms with Gasteiger partial charge in [0.1, 0.15) is 0 Å². The van der Waals surface area contributed by atoms with Gasteiger partial charge in [-0.1, -0.05) is 42.7 Å². The van der Waals surface area contributed by atoms with Crippen LogP contribution in [-0.4, -0.2) is 5.54 Å². The first-order valence-corrected chi connectivity index (χ1v) is 5.99. The van der Waals surface area contributed by atoms with Gasteiger partial charge in [-0.2, -0.15) is 0 Å². The second-order valence-corrected chi connectivity index (χ2v) is 5.11. The van der Waals surface area contributed by atoms with Crippen molar-refractivity contribution in [2.45, 2.75) is 51.6 Å². The molecule has 0 atom stereocenters. The summed E-state index contributed by atoms with van der Waals surface area (Å²) in [7, 11) is 0. The first-order chi connectivity index (χ1) is 7.18. The number of aryl methyl sites for hydroxylation is 1. The Morgan fingerprint density at radius 2 is 1.73 bits per heavy atom. The quantitative estimate of drug-likeness (QED) is 0.793. The highest BCUT2D eigenvalue weighted by atomic mass is 15.0. The van der Waals surface area contributed by atoms with Crippen LogP contribution in [0, 0.1) is 6.92 Å². The van der Waals surface area contributed by atoms with Gasteiger partial charge in [0.05, 0.1) is 0 Å². The van der Waals surface area contributed by atoms with E-state index in [1.165, 1.54) is 36.8 Å². The molecule has 0 bridgehead atoms. The van der Waals surface area contributed by atoms with Gasteiger partial charge in [0.15, 0.2) is 0 Å². The first-order valence-electron chi connectivity index (χ1n) is 5.99. The highest BCUT2D eigenvalue weighted by molar-refractivity contribution is 5.21. The fourth-order valence-electron chi connectivity index (χ4n) is 2.35. The summed E-state index contributed by atoms with van der Waals surface area (Å²) in [6.07, 6.45) is 5.44. The zero-order valence-electron chi connectivity index (χ0n) is 9.84. The molecular formula is C14H21N. The van der Waals surface area contributed by atoms with Crippen LogP contribution in [0.3, 0.4) is 0 Å². The average molecular weight is 203 g/mol. The van der Waals surface area contributed by atoms with E-state index in [2.05, 4.69) is 43.4 Å². The lowest BCUT2D eigenvalue weighted by atomic mass is 10.0. The van der Waals surface area contributed by atoms with Gasteiger partial charge in [0.25, 0.3) is 0 Å². The van der Waals surface area contributed by atoms with Gasteiger partial charge < -0.3 is 5.32 Å². The highest BCUT2D eigenvalue weighted by Gasteiger charge is 2.27. The molecule has 2 rings (SSSR count). The van der Waals surface area contributed by atoms with Crippen LogP contribution in [0.5, 0.6) is 0 Å². The Bertz CT molecular complexity index is 307. The molecule has 1 aromatic carbocycles. The predicted octanol–water partition coefficient (Wildman–Crippen LogP) is 3.42. The number of hydrogen-bond donors (Lipinski definition) is 1. The predicted molar refractivity (Wildman–Crippen MR) is 64.9 cm³/mol. The molecule has 1 aromatic rings. The molecule has 0 aromatic heterocycles. The van der Waals surface area contributed by atoms with Crippen molar-refractivity contribution in [1.29, 1.82) is 0 Å². The van der Waals surface area contributed by atoms with Crippen LogP contribution in [0.15, 0.2) is 24.3 Å². The van der Waals surface area contributed by atoms with Crippen molar-refractivity contribution in [3.8, 4) is 0 Å². The van der Waals surface area contributed by atoms with Crippen LogP contribution in [-0.2, 0) is 6.54 Å². The van der Waals surface area contributed by atoms with Gasteiger partial charge in [-0.05, 0) is 32.3 Å². The Morgan fingerprint density at radius 3 is 2.33 bits per heavy atom. The van der Waals surface area contributed by atoms with Crippen LogP contribution in [0.1, 0.15) is 43.7 Å². The fraction of sp³-hybridized carbons (Fsp3) is 0.571. The van der Waals surface area contributed by atoms with E-state index in [4.69, 9.17) is 0 Å². The van der Waals surface area contributed by atoms with Crippen molar-refractivity contribution in [3.63, 3.8) is 0 Å². The summed E-state index contributed by atoms with van der Waals surface area (Å²) in [6, 6.07) is 8.82. The average Bonchev–Trinajstić information content (AvgIpc) is 2.65. The molecule has 1 aliphatic rings. The maximum atomic E-state index is 3.69. The van der Waals surface area contributed by atoms with Gasteiger partial charge >= 0.3 is 0 Å². The van der Waals surface area contributed by atoms with Crippen molar-refractivity contribution in [2.24, 2.45) is 0 Å². The van der Waals surface area contributed by atoms with Crippen LogP contribution < -0.4 is 5.32 Å². The van der Waals surface area contributed by atoms with Crippen LogP contribution in [0.2, 0.25) is 0 Å². The van der Waals surface area contributed by atoms with Crippen LogP contribution in [0.25, 0.3) is 0 Å². The Morgan fingerprint density at radius 1 is 1.13 bits per heavy atom. The molecule has 1 nitrogen and oxygen atoms in total. The molecule has 0 amide bonds. The summed E-state index contributed by atoms with van der Waals surface area (Å²) >= 11 is 0. The van der Waals surface area contributed by atoms with E-state index < -0.39 is 0 Å². The normalized spacial score (nSPS) is 19.3. The van der Waals surface area contributed by atoms with Gasteiger partial charge in [-0.15, -0.1) is 0 Å². The SMILES string of the molecule is Cc1ccc(CNC2(C)CCCC2)cc1. The maximum Gasteiger partial charge on any atom is 0.0210 e. The summed E-state index contributed by atoms with van der Waals surface area (Å²) in [5.41, 5.74) is 3.13. The number of nitrogens with one attached hydrogen (secondary N) is 1. The minimum atomic E-state index is 0.394. The maximum absolute atomic E-state index is 3.69. The molecule has 82 valence electrons. The highest BCUT2D eigenvalue weighted by Crippen LogP contribution is 2.29. The molecule has 0 heterocycles. The van der Waals surface area contributed by atoms with Crippen molar-refractivity contribution >= 4 is 0 Å². The van der Waals surface area contributed by atoms with Gasteiger partial charge in [0, 0.05) is 12.1 Å². The van der Waals surface area contributed by atoms with E-state index in [9.17, 15) is 0 Å². The Kier molecular flexibility index (Phi) is 3.11. The zero-order valence-corrected chi connectivity index (χ0v) is 9.84. The molecule has 15 heavy (non-hydrogen) atoms. The molecular weight excluding hydrogens is 182 g/mol. The summed E-state index contributed by atoms with van der Waals surface area (Å²) in [5, 5.41) is 3.69. The summed E-state index contributed by atoms with van der Waals surface area (Å²) in [4.78, 5) is 0. The third-order valence-corrected chi connectivity index (χ3v) is 3.55. The van der Waals surface area contributed by atoms with Crippen LogP contribution >= 0.6 is 0 Å². The molecule has 0 aliphatic heterocycles. The van der Waals surface area contributed by atoms with E-state index in [1.54, 1.807) is 0 Å². The number of benzene rings is 1. The van der Waals surface area contributed by atoms with E-state index in [1.807, 2.05) is 0 Å². The smallest absolute Gasteiger partial charge is 0.0210 e. The second kappa shape index (κ2) is 4.36. The van der Waals surface area contributed by atoms with Crippen LogP contribution in [0.4, 0.5) is 0 Å². The van der Waals surface area contributed by atoms with Crippen molar-refractivity contribution in [1.82, 2.24) is 5.32 Å². The van der Waals surface area contributed by atoms with Gasteiger partial charge in [0.2, 0.25) is 0 Å². The zero-order chi connectivity index (χ0) is 10.7. The van der Waals surface area contributed by atoms with Crippen molar-refractivity contribution in [3.05, 3.63) is 35.4 Å². The van der Waals surface area contributed by atoms with E-state index >= 15 is 0 Å². The minimum Gasteiger partial charge on any atom is -0.307 e. The number of rotatable bonds is 3. The Hall–Kier alpha value is -0.820. The van der Waals surface area contributed by atoms with E-state index in [-0.39, 0.29) is 0 Å². The van der Waals surface area contributed by atoms with E-state index in [0.717, 1.165) is 6.54 Å². The molecule has 0 unspecified atom stereocenters. The molecule has 1 aliphatic carbocycles.